The maximum absolute atomic E-state index is 11.4. The predicted octanol–water partition coefficient (Wildman–Crippen LogP) is 0.681. The summed E-state index contributed by atoms with van der Waals surface area (Å²) in [5.74, 6) is -2.98. The molecule has 0 aromatic carbocycles. The monoisotopic (exact) mass is 170 g/mol. The molecule has 0 aliphatic carbocycles. The number of esters is 1. The van der Waals surface area contributed by atoms with Crippen molar-refractivity contribution in [3.8, 4) is 0 Å². The van der Waals surface area contributed by atoms with E-state index in [9.17, 15) is 22.8 Å². The number of carbonyl (C=O) groups excluding carboxylic acids is 2. The van der Waals surface area contributed by atoms with Gasteiger partial charge >= 0.3 is 12.1 Å². The molecule has 0 aliphatic rings. The highest BCUT2D eigenvalue weighted by Gasteiger charge is 2.38. The van der Waals surface area contributed by atoms with Gasteiger partial charge in [0.05, 0.1) is 0 Å². The number of ether oxygens (including phenoxy) is 1. The smallest absolute Gasteiger partial charge is 0.453 e. The Labute approximate surface area is 60.1 Å². The average Bonchev–Trinajstić information content (AvgIpc) is 1.80. The zero-order valence-electron chi connectivity index (χ0n) is 5.57. The molecule has 0 aliphatic heterocycles. The lowest BCUT2D eigenvalue weighted by atomic mass is 10.4. The number of Topliss-reactive ketones (excluding diaryl/α,β-unsaturated/α-hetero) is 1. The van der Waals surface area contributed by atoms with Crippen molar-refractivity contribution >= 4 is 11.8 Å². The summed E-state index contributed by atoms with van der Waals surface area (Å²) in [6.45, 7) is -0.317. The van der Waals surface area contributed by atoms with Gasteiger partial charge in [0.15, 0.2) is 6.61 Å². The summed E-state index contributed by atoms with van der Waals surface area (Å²) in [6, 6.07) is 0. The van der Waals surface area contributed by atoms with E-state index in [0.717, 1.165) is 6.92 Å². The van der Waals surface area contributed by atoms with Gasteiger partial charge in [0.25, 0.3) is 5.78 Å². The van der Waals surface area contributed by atoms with Gasteiger partial charge < -0.3 is 4.74 Å². The normalized spacial score (nSPS) is 10.9. The van der Waals surface area contributed by atoms with Crippen molar-refractivity contribution in [3.05, 3.63) is 0 Å². The van der Waals surface area contributed by atoms with Crippen molar-refractivity contribution < 1.29 is 27.5 Å². The van der Waals surface area contributed by atoms with E-state index in [0.29, 0.717) is 0 Å². The first-order chi connectivity index (χ1) is 4.84. The molecule has 0 saturated heterocycles. The summed E-state index contributed by atoms with van der Waals surface area (Å²) in [7, 11) is 0. The summed E-state index contributed by atoms with van der Waals surface area (Å²) >= 11 is 0. The molecular weight excluding hydrogens is 165 g/mol. The second kappa shape index (κ2) is 3.36. The number of alkyl halides is 3. The van der Waals surface area contributed by atoms with Crippen molar-refractivity contribution in [2.45, 2.75) is 13.1 Å². The quantitative estimate of drug-likeness (QED) is 0.572. The van der Waals surface area contributed by atoms with Crippen molar-refractivity contribution in [1.29, 1.82) is 0 Å². The van der Waals surface area contributed by atoms with Crippen molar-refractivity contribution in [1.82, 2.24) is 0 Å². The number of carbonyl (C=O) groups is 2. The van der Waals surface area contributed by atoms with Crippen molar-refractivity contribution in [3.63, 3.8) is 0 Å². The molecule has 0 aromatic rings. The first-order valence-corrected chi connectivity index (χ1v) is 2.57. The maximum Gasteiger partial charge on any atom is 0.453 e. The maximum atomic E-state index is 11.4. The number of halogens is 3. The third-order valence-electron chi connectivity index (χ3n) is 0.723. The topological polar surface area (TPSA) is 43.4 Å². The molecule has 0 N–H and O–H groups in total. The highest BCUT2D eigenvalue weighted by molar-refractivity contribution is 5.86. The Morgan fingerprint density at radius 1 is 1.36 bits per heavy atom. The minimum absolute atomic E-state index is 0.914. The van der Waals surface area contributed by atoms with Gasteiger partial charge in [-0.2, -0.15) is 13.2 Å². The molecule has 64 valence electrons. The highest BCUT2D eigenvalue weighted by Crippen LogP contribution is 2.15. The van der Waals surface area contributed by atoms with Crippen molar-refractivity contribution in [2.75, 3.05) is 6.61 Å². The molecule has 11 heavy (non-hydrogen) atoms. The number of hydrogen-bond donors (Lipinski definition) is 0. The van der Waals surface area contributed by atoms with Crippen LogP contribution in [-0.4, -0.2) is 24.5 Å². The Kier molecular flexibility index (Phi) is 3.03. The third-order valence-corrected chi connectivity index (χ3v) is 0.723. The lowest BCUT2D eigenvalue weighted by molar-refractivity contribution is -0.177. The molecule has 0 amide bonds. The number of hydrogen-bond acceptors (Lipinski definition) is 3. The van der Waals surface area contributed by atoms with Crippen LogP contribution in [0.4, 0.5) is 13.2 Å². The Morgan fingerprint density at radius 2 is 1.82 bits per heavy atom. The molecule has 0 radical (unpaired) electrons. The first kappa shape index (κ1) is 9.93. The Morgan fingerprint density at radius 3 is 2.09 bits per heavy atom. The Balaban J connectivity index is 3.80. The molecule has 0 bridgehead atoms. The summed E-state index contributed by atoms with van der Waals surface area (Å²) in [5, 5.41) is 0. The summed E-state index contributed by atoms with van der Waals surface area (Å²) in [5.41, 5.74) is 0. The van der Waals surface area contributed by atoms with Crippen LogP contribution in [0.5, 0.6) is 0 Å². The standard InChI is InChI=1S/C5H5F3O3/c1-3(9)11-2-4(10)5(6,7)8/h2H2,1H3. The molecule has 0 aromatic heterocycles. The van der Waals surface area contributed by atoms with Crippen LogP contribution < -0.4 is 0 Å². The van der Waals surface area contributed by atoms with Gasteiger partial charge in [-0.1, -0.05) is 0 Å². The van der Waals surface area contributed by atoms with Crippen LogP contribution in [0.3, 0.4) is 0 Å². The summed E-state index contributed by atoms with van der Waals surface area (Å²) in [4.78, 5) is 19.9. The molecule has 0 atom stereocenters. The average molecular weight is 170 g/mol. The fraction of sp³-hybridized carbons (Fsp3) is 0.600. The van der Waals surface area contributed by atoms with E-state index in [-0.39, 0.29) is 0 Å². The van der Waals surface area contributed by atoms with Gasteiger partial charge in [-0.05, 0) is 0 Å². The third kappa shape index (κ3) is 4.35. The predicted molar refractivity (Wildman–Crippen MR) is 27.7 cm³/mol. The van der Waals surface area contributed by atoms with Crippen LogP contribution in [0.15, 0.2) is 0 Å². The minimum atomic E-state index is -4.92. The zero-order chi connectivity index (χ0) is 9.07. The van der Waals surface area contributed by atoms with Crippen LogP contribution in [0.1, 0.15) is 6.92 Å². The van der Waals surface area contributed by atoms with E-state index in [1.54, 1.807) is 0 Å². The van der Waals surface area contributed by atoms with Gasteiger partial charge in [-0.15, -0.1) is 0 Å². The van der Waals surface area contributed by atoms with Gasteiger partial charge in [-0.25, -0.2) is 0 Å². The Hall–Kier alpha value is -1.07. The van der Waals surface area contributed by atoms with E-state index in [1.807, 2.05) is 0 Å². The minimum Gasteiger partial charge on any atom is -0.457 e. The number of ketones is 1. The highest BCUT2D eigenvalue weighted by atomic mass is 19.4. The molecule has 0 heterocycles. The molecular formula is C5H5F3O3. The van der Waals surface area contributed by atoms with E-state index >= 15 is 0 Å². The van der Waals surface area contributed by atoms with Crippen LogP contribution >= 0.6 is 0 Å². The van der Waals surface area contributed by atoms with Crippen LogP contribution in [0.25, 0.3) is 0 Å². The molecule has 0 spiro atoms. The SMILES string of the molecule is CC(=O)OCC(=O)C(F)(F)F. The van der Waals surface area contributed by atoms with Gasteiger partial charge in [0, 0.05) is 6.92 Å². The van der Waals surface area contributed by atoms with Crippen LogP contribution in [0.2, 0.25) is 0 Å². The molecule has 0 fully saturated rings. The van der Waals surface area contributed by atoms with Gasteiger partial charge in [0.1, 0.15) is 0 Å². The van der Waals surface area contributed by atoms with Gasteiger partial charge in [0.2, 0.25) is 0 Å². The molecule has 0 unspecified atom stereocenters. The molecule has 0 saturated carbocycles. The van der Waals surface area contributed by atoms with E-state index in [4.69, 9.17) is 0 Å². The number of rotatable bonds is 2. The largest absolute Gasteiger partial charge is 0.457 e. The van der Waals surface area contributed by atoms with Crippen LogP contribution in [0, 0.1) is 0 Å². The van der Waals surface area contributed by atoms with E-state index in [1.165, 1.54) is 0 Å². The lowest BCUT2D eigenvalue weighted by Gasteiger charge is -2.03. The lowest BCUT2D eigenvalue weighted by Crippen LogP contribution is -2.27. The second-order valence-electron chi connectivity index (χ2n) is 1.70. The fourth-order valence-electron chi connectivity index (χ4n) is 0.249. The molecule has 0 rings (SSSR count). The van der Waals surface area contributed by atoms with Gasteiger partial charge in [-0.3, -0.25) is 9.59 Å². The molecule has 6 heteroatoms. The van der Waals surface area contributed by atoms with Crippen molar-refractivity contribution in [2.24, 2.45) is 0 Å². The Bertz CT molecular complexity index is 172. The zero-order valence-corrected chi connectivity index (χ0v) is 5.57. The molecule has 3 nitrogen and oxygen atoms in total. The van der Waals surface area contributed by atoms with Crippen LogP contribution in [-0.2, 0) is 14.3 Å². The summed E-state index contributed by atoms with van der Waals surface area (Å²) < 4.78 is 37.9. The first-order valence-electron chi connectivity index (χ1n) is 2.57. The van der Waals surface area contributed by atoms with E-state index in [2.05, 4.69) is 4.74 Å². The fourth-order valence-corrected chi connectivity index (χ4v) is 0.249. The van der Waals surface area contributed by atoms with E-state index < -0.39 is 24.5 Å². The second-order valence-corrected chi connectivity index (χ2v) is 1.70. The summed E-state index contributed by atoms with van der Waals surface area (Å²) in [6.07, 6.45) is -4.92.